The van der Waals surface area contributed by atoms with Gasteiger partial charge in [-0.2, -0.15) is 0 Å². The minimum absolute atomic E-state index is 0.00336. The van der Waals surface area contributed by atoms with E-state index < -0.39 is 17.7 Å². The maximum Gasteiger partial charge on any atom is 0.168 e. The van der Waals surface area contributed by atoms with Gasteiger partial charge < -0.3 is 10.5 Å². The Morgan fingerprint density at radius 2 is 2.06 bits per heavy atom. The molecule has 1 atom stereocenters. The van der Waals surface area contributed by atoms with Crippen molar-refractivity contribution in [2.75, 3.05) is 6.54 Å². The molecule has 0 amide bonds. The molecule has 1 aromatic carbocycles. The number of halogens is 3. The first-order valence-electron chi connectivity index (χ1n) is 5.17. The first-order chi connectivity index (χ1) is 8.60. The topological polar surface area (TPSA) is 35.2 Å². The van der Waals surface area contributed by atoms with Crippen LogP contribution in [0.3, 0.4) is 0 Å². The highest BCUT2D eigenvalue weighted by molar-refractivity contribution is 9.11. The zero-order valence-electron chi connectivity index (χ0n) is 9.20. The van der Waals surface area contributed by atoms with Crippen molar-refractivity contribution in [2.24, 2.45) is 5.73 Å². The summed E-state index contributed by atoms with van der Waals surface area (Å²) < 4.78 is 32.6. The third kappa shape index (κ3) is 3.07. The van der Waals surface area contributed by atoms with E-state index in [2.05, 4.69) is 15.9 Å². The average Bonchev–Trinajstić information content (AvgIpc) is 2.75. The van der Waals surface area contributed by atoms with Crippen molar-refractivity contribution < 1.29 is 13.5 Å². The zero-order valence-corrected chi connectivity index (χ0v) is 11.6. The van der Waals surface area contributed by atoms with Crippen molar-refractivity contribution >= 4 is 27.3 Å². The molecule has 0 spiro atoms. The Morgan fingerprint density at radius 1 is 1.28 bits per heavy atom. The zero-order chi connectivity index (χ0) is 13.1. The van der Waals surface area contributed by atoms with Crippen LogP contribution in [0.4, 0.5) is 8.78 Å². The Hall–Kier alpha value is -0.980. The molecule has 0 radical (unpaired) electrons. The molecule has 6 heteroatoms. The summed E-state index contributed by atoms with van der Waals surface area (Å²) in [6, 6.07) is 6.92. The number of benzene rings is 1. The minimum Gasteiger partial charge on any atom is -0.480 e. The van der Waals surface area contributed by atoms with Crippen LogP contribution in [0.25, 0.3) is 0 Å². The SMILES string of the molecule is NCC(Oc1ccc(F)cc1F)c1ccc(Br)s1. The van der Waals surface area contributed by atoms with Gasteiger partial charge in [0.05, 0.1) is 3.79 Å². The van der Waals surface area contributed by atoms with E-state index in [1.807, 2.05) is 12.1 Å². The normalized spacial score (nSPS) is 12.4. The second-order valence-corrected chi connectivity index (χ2v) is 6.05. The van der Waals surface area contributed by atoms with Crippen LogP contribution < -0.4 is 10.5 Å². The van der Waals surface area contributed by atoms with E-state index in [1.165, 1.54) is 17.4 Å². The van der Waals surface area contributed by atoms with Crippen molar-refractivity contribution in [3.8, 4) is 5.75 Å². The summed E-state index contributed by atoms with van der Waals surface area (Å²) in [5, 5.41) is 0. The second-order valence-electron chi connectivity index (χ2n) is 3.56. The molecule has 0 saturated carbocycles. The fourth-order valence-electron chi connectivity index (χ4n) is 1.45. The Bertz CT molecular complexity index is 547. The highest BCUT2D eigenvalue weighted by atomic mass is 79.9. The highest BCUT2D eigenvalue weighted by Gasteiger charge is 2.16. The van der Waals surface area contributed by atoms with E-state index in [1.54, 1.807) is 0 Å². The first-order valence-corrected chi connectivity index (χ1v) is 6.78. The quantitative estimate of drug-likeness (QED) is 0.921. The van der Waals surface area contributed by atoms with E-state index in [-0.39, 0.29) is 12.3 Å². The molecule has 96 valence electrons. The molecule has 2 nitrogen and oxygen atoms in total. The van der Waals surface area contributed by atoms with Crippen molar-refractivity contribution in [1.82, 2.24) is 0 Å². The van der Waals surface area contributed by atoms with Gasteiger partial charge in [0.1, 0.15) is 11.9 Å². The molecule has 2 N–H and O–H groups in total. The maximum absolute atomic E-state index is 13.5. The Morgan fingerprint density at radius 3 is 2.61 bits per heavy atom. The van der Waals surface area contributed by atoms with Crippen molar-refractivity contribution in [3.63, 3.8) is 0 Å². The minimum atomic E-state index is -0.732. The molecule has 1 heterocycles. The van der Waals surface area contributed by atoms with E-state index in [0.717, 1.165) is 20.8 Å². The van der Waals surface area contributed by atoms with E-state index in [9.17, 15) is 8.78 Å². The number of thiophene rings is 1. The molecule has 2 aromatic rings. The van der Waals surface area contributed by atoms with Gasteiger partial charge >= 0.3 is 0 Å². The number of nitrogens with two attached hydrogens (primary N) is 1. The molecule has 0 saturated heterocycles. The molecule has 1 aromatic heterocycles. The first kappa shape index (κ1) is 13.5. The highest BCUT2D eigenvalue weighted by Crippen LogP contribution is 2.31. The lowest BCUT2D eigenvalue weighted by Crippen LogP contribution is -2.17. The fourth-order valence-corrected chi connectivity index (χ4v) is 2.91. The molecule has 18 heavy (non-hydrogen) atoms. The molecule has 0 aliphatic heterocycles. The Labute approximate surface area is 116 Å². The predicted molar refractivity (Wildman–Crippen MR) is 70.8 cm³/mol. The average molecular weight is 334 g/mol. The van der Waals surface area contributed by atoms with Crippen LogP contribution in [-0.4, -0.2) is 6.54 Å². The number of rotatable bonds is 4. The van der Waals surface area contributed by atoms with Crippen molar-refractivity contribution in [2.45, 2.75) is 6.10 Å². The third-order valence-corrected chi connectivity index (χ3v) is 4.00. The summed E-state index contributed by atoms with van der Waals surface area (Å²) in [6.45, 7) is 0.212. The summed E-state index contributed by atoms with van der Waals surface area (Å²) in [5.41, 5.74) is 5.61. The lowest BCUT2D eigenvalue weighted by molar-refractivity contribution is 0.207. The van der Waals surface area contributed by atoms with Gasteiger partial charge in [0.25, 0.3) is 0 Å². The summed E-state index contributed by atoms with van der Waals surface area (Å²) in [6.07, 6.45) is -0.443. The number of hydrogen-bond acceptors (Lipinski definition) is 3. The monoisotopic (exact) mass is 333 g/mol. The van der Waals surface area contributed by atoms with Gasteiger partial charge in [-0.05, 0) is 40.2 Å². The van der Waals surface area contributed by atoms with Crippen LogP contribution in [0.2, 0.25) is 0 Å². The van der Waals surface area contributed by atoms with E-state index in [4.69, 9.17) is 10.5 Å². The van der Waals surface area contributed by atoms with Crippen LogP contribution >= 0.6 is 27.3 Å². The second kappa shape index (κ2) is 5.77. The summed E-state index contributed by atoms with van der Waals surface area (Å²) in [7, 11) is 0. The van der Waals surface area contributed by atoms with Crippen molar-refractivity contribution in [1.29, 1.82) is 0 Å². The van der Waals surface area contributed by atoms with Gasteiger partial charge in [0.2, 0.25) is 0 Å². The molecule has 2 rings (SSSR count). The Balaban J connectivity index is 2.20. The molecular formula is C12H10BrF2NOS. The fraction of sp³-hybridized carbons (Fsp3) is 0.167. The van der Waals surface area contributed by atoms with Gasteiger partial charge in [-0.3, -0.25) is 0 Å². The smallest absolute Gasteiger partial charge is 0.168 e. The summed E-state index contributed by atoms with van der Waals surface area (Å²) in [5.74, 6) is -1.37. The molecular weight excluding hydrogens is 324 g/mol. The van der Waals surface area contributed by atoms with Gasteiger partial charge in [0.15, 0.2) is 11.6 Å². The third-order valence-electron chi connectivity index (χ3n) is 2.29. The van der Waals surface area contributed by atoms with Crippen LogP contribution in [0.1, 0.15) is 11.0 Å². The molecule has 0 fully saturated rings. The van der Waals surface area contributed by atoms with Crippen LogP contribution in [0.15, 0.2) is 34.1 Å². The van der Waals surface area contributed by atoms with Crippen LogP contribution in [0.5, 0.6) is 5.75 Å². The largest absolute Gasteiger partial charge is 0.480 e. The van der Waals surface area contributed by atoms with E-state index in [0.29, 0.717) is 0 Å². The van der Waals surface area contributed by atoms with Gasteiger partial charge in [-0.15, -0.1) is 11.3 Å². The molecule has 0 bridgehead atoms. The maximum atomic E-state index is 13.5. The number of ether oxygens (including phenoxy) is 1. The lowest BCUT2D eigenvalue weighted by Gasteiger charge is -2.16. The Kier molecular flexibility index (Phi) is 4.31. The van der Waals surface area contributed by atoms with E-state index >= 15 is 0 Å². The number of hydrogen-bond donors (Lipinski definition) is 1. The van der Waals surface area contributed by atoms with Crippen LogP contribution in [0, 0.1) is 11.6 Å². The lowest BCUT2D eigenvalue weighted by atomic mass is 10.2. The standard InChI is InChI=1S/C12H10BrF2NOS/c13-12-4-3-11(18-12)10(6-16)17-9-2-1-7(14)5-8(9)15/h1-5,10H,6,16H2. The van der Waals surface area contributed by atoms with Gasteiger partial charge in [-0.25, -0.2) is 8.78 Å². The summed E-state index contributed by atoms with van der Waals surface area (Å²) in [4.78, 5) is 0.883. The molecule has 0 aliphatic carbocycles. The molecule has 1 unspecified atom stereocenters. The van der Waals surface area contributed by atoms with Crippen molar-refractivity contribution in [3.05, 3.63) is 50.6 Å². The molecule has 0 aliphatic rings. The van der Waals surface area contributed by atoms with Gasteiger partial charge in [-0.1, -0.05) is 0 Å². The van der Waals surface area contributed by atoms with Crippen LogP contribution in [-0.2, 0) is 0 Å². The van der Waals surface area contributed by atoms with Gasteiger partial charge in [0, 0.05) is 17.5 Å². The summed E-state index contributed by atoms with van der Waals surface area (Å²) >= 11 is 4.80. The predicted octanol–water partition coefficient (Wildman–Crippen LogP) is 3.87.